The number of carbonyl (C=O) groups excluding carboxylic acids is 1. The molecule has 3 rings (SSSR count). The SMILES string of the molecule is Cc1cc(CC(=O)O)ccc1[C@@H](CO)NC(=O)c1cc2c(Cl)c(C)ccc2n1C. The first-order valence-corrected chi connectivity index (χ1v) is 9.58. The zero-order chi connectivity index (χ0) is 21.3. The average Bonchev–Trinajstić information content (AvgIpc) is 3.00. The van der Waals surface area contributed by atoms with Crippen LogP contribution < -0.4 is 5.32 Å². The molecule has 0 saturated carbocycles. The predicted molar refractivity (Wildman–Crippen MR) is 112 cm³/mol. The van der Waals surface area contributed by atoms with Crippen molar-refractivity contribution in [2.24, 2.45) is 7.05 Å². The number of carboxylic acid groups (broad SMARTS) is 1. The number of fused-ring (bicyclic) bond motifs is 1. The van der Waals surface area contributed by atoms with Crippen LogP contribution in [0, 0.1) is 13.8 Å². The Kier molecular flexibility index (Phi) is 5.96. The van der Waals surface area contributed by atoms with E-state index < -0.39 is 12.0 Å². The van der Waals surface area contributed by atoms with Gasteiger partial charge in [-0.3, -0.25) is 9.59 Å². The molecule has 0 aliphatic rings. The summed E-state index contributed by atoms with van der Waals surface area (Å²) in [4.78, 5) is 23.8. The smallest absolute Gasteiger partial charge is 0.307 e. The molecule has 2 aromatic carbocycles. The van der Waals surface area contributed by atoms with Crippen LogP contribution >= 0.6 is 11.6 Å². The zero-order valence-electron chi connectivity index (χ0n) is 16.5. The maximum absolute atomic E-state index is 12.9. The van der Waals surface area contributed by atoms with E-state index >= 15 is 0 Å². The fraction of sp³-hybridized carbons (Fsp3) is 0.273. The molecule has 3 N–H and O–H groups in total. The van der Waals surface area contributed by atoms with Crippen LogP contribution in [-0.2, 0) is 18.3 Å². The van der Waals surface area contributed by atoms with Gasteiger partial charge in [-0.2, -0.15) is 0 Å². The Morgan fingerprint density at radius 3 is 2.48 bits per heavy atom. The van der Waals surface area contributed by atoms with Crippen LogP contribution in [0.4, 0.5) is 0 Å². The molecule has 0 aliphatic heterocycles. The number of carbonyl (C=O) groups is 2. The topological polar surface area (TPSA) is 91.6 Å². The van der Waals surface area contributed by atoms with E-state index in [2.05, 4.69) is 5.32 Å². The monoisotopic (exact) mass is 414 g/mol. The van der Waals surface area contributed by atoms with Gasteiger partial charge in [0.25, 0.3) is 5.91 Å². The number of aliphatic hydroxyl groups is 1. The number of aliphatic hydroxyl groups excluding tert-OH is 1. The highest BCUT2D eigenvalue weighted by molar-refractivity contribution is 6.36. The summed E-state index contributed by atoms with van der Waals surface area (Å²) < 4.78 is 1.77. The third-order valence-electron chi connectivity index (χ3n) is 5.14. The van der Waals surface area contributed by atoms with Crippen molar-refractivity contribution in [2.45, 2.75) is 26.3 Å². The highest BCUT2D eigenvalue weighted by Crippen LogP contribution is 2.29. The van der Waals surface area contributed by atoms with Gasteiger partial charge in [-0.25, -0.2) is 0 Å². The first-order valence-electron chi connectivity index (χ1n) is 9.20. The van der Waals surface area contributed by atoms with Crippen LogP contribution in [0.25, 0.3) is 10.9 Å². The fourth-order valence-corrected chi connectivity index (χ4v) is 3.78. The molecule has 0 radical (unpaired) electrons. The van der Waals surface area contributed by atoms with E-state index in [1.165, 1.54) is 0 Å². The van der Waals surface area contributed by atoms with Crippen LogP contribution in [0.5, 0.6) is 0 Å². The van der Waals surface area contributed by atoms with E-state index in [0.29, 0.717) is 16.3 Å². The summed E-state index contributed by atoms with van der Waals surface area (Å²) in [5, 5.41) is 23.1. The van der Waals surface area contributed by atoms with Gasteiger partial charge < -0.3 is 20.1 Å². The number of rotatable bonds is 6. The fourth-order valence-electron chi connectivity index (χ4n) is 3.57. The second kappa shape index (κ2) is 8.27. The van der Waals surface area contributed by atoms with Gasteiger partial charge in [-0.15, -0.1) is 0 Å². The van der Waals surface area contributed by atoms with Gasteiger partial charge >= 0.3 is 5.97 Å². The van der Waals surface area contributed by atoms with Crippen molar-refractivity contribution in [3.63, 3.8) is 0 Å². The standard InChI is InChI=1S/C22H23ClN2O4/c1-12-4-7-18-16(21(12)23)10-19(25(18)3)22(29)24-17(11-26)15-6-5-14(8-13(15)2)9-20(27)28/h4-8,10,17,26H,9,11H2,1-3H3,(H,24,29)(H,27,28)/t17-/m1/s1. The van der Waals surface area contributed by atoms with E-state index in [4.69, 9.17) is 16.7 Å². The summed E-state index contributed by atoms with van der Waals surface area (Å²) in [5.74, 6) is -1.24. The molecule has 1 heterocycles. The molecular formula is C22H23ClN2O4. The van der Waals surface area contributed by atoms with Crippen LogP contribution in [0.2, 0.25) is 5.02 Å². The molecule has 1 atom stereocenters. The Morgan fingerprint density at radius 1 is 1.14 bits per heavy atom. The first kappa shape index (κ1) is 20.9. The van der Waals surface area contributed by atoms with E-state index in [1.54, 1.807) is 35.9 Å². The molecule has 1 amide bonds. The number of amides is 1. The second-order valence-electron chi connectivity index (χ2n) is 7.19. The van der Waals surface area contributed by atoms with Gasteiger partial charge in [0.15, 0.2) is 0 Å². The Bertz CT molecular complexity index is 1100. The number of halogens is 1. The van der Waals surface area contributed by atoms with Gasteiger partial charge in [-0.05, 0) is 48.2 Å². The van der Waals surface area contributed by atoms with Crippen molar-refractivity contribution in [3.05, 3.63) is 69.4 Å². The van der Waals surface area contributed by atoms with E-state index in [0.717, 1.165) is 27.6 Å². The van der Waals surface area contributed by atoms with Crippen molar-refractivity contribution < 1.29 is 19.8 Å². The third kappa shape index (κ3) is 4.13. The van der Waals surface area contributed by atoms with Gasteiger partial charge in [0.2, 0.25) is 0 Å². The maximum Gasteiger partial charge on any atom is 0.307 e. The molecule has 3 aromatic rings. The highest BCUT2D eigenvalue weighted by atomic mass is 35.5. The van der Waals surface area contributed by atoms with Gasteiger partial charge in [0.1, 0.15) is 5.69 Å². The molecule has 0 unspecified atom stereocenters. The quantitative estimate of drug-likeness (QED) is 0.575. The minimum absolute atomic E-state index is 0.0760. The molecule has 6 nitrogen and oxygen atoms in total. The number of hydrogen-bond donors (Lipinski definition) is 3. The van der Waals surface area contributed by atoms with E-state index in [-0.39, 0.29) is 18.9 Å². The number of nitrogens with one attached hydrogen (secondary N) is 1. The van der Waals surface area contributed by atoms with Crippen molar-refractivity contribution in [1.82, 2.24) is 9.88 Å². The summed E-state index contributed by atoms with van der Waals surface area (Å²) in [7, 11) is 1.79. The lowest BCUT2D eigenvalue weighted by Crippen LogP contribution is -2.32. The van der Waals surface area contributed by atoms with Crippen LogP contribution in [0.3, 0.4) is 0 Å². The summed E-state index contributed by atoms with van der Waals surface area (Å²) in [6, 6.07) is 10.2. The molecule has 0 saturated heterocycles. The minimum atomic E-state index is -0.908. The van der Waals surface area contributed by atoms with E-state index in [1.807, 2.05) is 26.0 Å². The van der Waals surface area contributed by atoms with Crippen LogP contribution in [0.15, 0.2) is 36.4 Å². The number of aryl methyl sites for hydroxylation is 3. The Labute approximate surface area is 173 Å². The maximum atomic E-state index is 12.9. The van der Waals surface area contributed by atoms with Crippen molar-refractivity contribution in [1.29, 1.82) is 0 Å². The molecule has 29 heavy (non-hydrogen) atoms. The number of nitrogens with zero attached hydrogens (tertiary/aromatic N) is 1. The molecule has 0 bridgehead atoms. The lowest BCUT2D eigenvalue weighted by atomic mass is 9.98. The van der Waals surface area contributed by atoms with Crippen LogP contribution in [-0.4, -0.2) is 33.3 Å². The van der Waals surface area contributed by atoms with Gasteiger partial charge in [0.05, 0.1) is 24.1 Å². The normalized spacial score (nSPS) is 12.2. The summed E-state index contributed by atoms with van der Waals surface area (Å²) in [6.07, 6.45) is -0.0760. The highest BCUT2D eigenvalue weighted by Gasteiger charge is 2.21. The van der Waals surface area contributed by atoms with Crippen molar-refractivity contribution in [3.8, 4) is 0 Å². The predicted octanol–water partition coefficient (Wildman–Crippen LogP) is 3.54. The lowest BCUT2D eigenvalue weighted by Gasteiger charge is -2.19. The van der Waals surface area contributed by atoms with Crippen molar-refractivity contribution in [2.75, 3.05) is 6.61 Å². The summed E-state index contributed by atoms with van der Waals surface area (Å²) in [5.41, 5.74) is 4.43. The Hall–Kier alpha value is -2.83. The summed E-state index contributed by atoms with van der Waals surface area (Å²) in [6.45, 7) is 3.45. The average molecular weight is 415 g/mol. The molecule has 0 aliphatic carbocycles. The first-order chi connectivity index (χ1) is 13.7. The number of aromatic nitrogens is 1. The largest absolute Gasteiger partial charge is 0.481 e. The summed E-state index contributed by atoms with van der Waals surface area (Å²) >= 11 is 6.39. The molecular weight excluding hydrogens is 392 g/mol. The molecule has 1 aromatic heterocycles. The van der Waals surface area contributed by atoms with E-state index in [9.17, 15) is 14.7 Å². The molecule has 0 fully saturated rings. The third-order valence-corrected chi connectivity index (χ3v) is 5.64. The van der Waals surface area contributed by atoms with Crippen molar-refractivity contribution >= 4 is 34.4 Å². The molecule has 0 spiro atoms. The van der Waals surface area contributed by atoms with Gasteiger partial charge in [0, 0.05) is 18.0 Å². The Balaban J connectivity index is 1.89. The number of hydrogen-bond acceptors (Lipinski definition) is 3. The molecule has 152 valence electrons. The number of benzene rings is 2. The second-order valence-corrected chi connectivity index (χ2v) is 7.57. The van der Waals surface area contributed by atoms with Gasteiger partial charge in [-0.1, -0.05) is 35.9 Å². The zero-order valence-corrected chi connectivity index (χ0v) is 17.2. The van der Waals surface area contributed by atoms with Crippen LogP contribution in [0.1, 0.15) is 38.8 Å². The number of aliphatic carboxylic acids is 1. The Morgan fingerprint density at radius 2 is 1.86 bits per heavy atom. The molecule has 7 heteroatoms. The number of carboxylic acids is 1. The lowest BCUT2D eigenvalue weighted by molar-refractivity contribution is -0.136. The minimum Gasteiger partial charge on any atom is -0.481 e.